The standard InChI is InChI=1S/C15H28N2/c1-2-14-10-16-15(13-7-8-13)11-17(14)9-3-4-12-5-6-12/h12-16H,2-11H2,1H3. The summed E-state index contributed by atoms with van der Waals surface area (Å²) < 4.78 is 0. The molecule has 1 N–H and O–H groups in total. The molecular weight excluding hydrogens is 208 g/mol. The molecule has 2 nitrogen and oxygen atoms in total. The second kappa shape index (κ2) is 5.27. The van der Waals surface area contributed by atoms with Gasteiger partial charge in [0.05, 0.1) is 0 Å². The van der Waals surface area contributed by atoms with E-state index in [-0.39, 0.29) is 0 Å². The van der Waals surface area contributed by atoms with Crippen molar-refractivity contribution in [2.24, 2.45) is 11.8 Å². The van der Waals surface area contributed by atoms with Gasteiger partial charge < -0.3 is 5.32 Å². The van der Waals surface area contributed by atoms with Crippen LogP contribution in [-0.2, 0) is 0 Å². The molecule has 0 aromatic rings. The minimum atomic E-state index is 0.809. The lowest BCUT2D eigenvalue weighted by molar-refractivity contribution is 0.116. The molecule has 0 radical (unpaired) electrons. The Kier molecular flexibility index (Phi) is 3.72. The highest BCUT2D eigenvalue weighted by molar-refractivity contribution is 4.94. The Morgan fingerprint density at radius 2 is 2.00 bits per heavy atom. The maximum absolute atomic E-state index is 3.78. The van der Waals surface area contributed by atoms with Crippen LogP contribution >= 0.6 is 0 Å². The van der Waals surface area contributed by atoms with Crippen LogP contribution in [0.2, 0.25) is 0 Å². The van der Waals surface area contributed by atoms with E-state index in [4.69, 9.17) is 0 Å². The van der Waals surface area contributed by atoms with Crippen molar-refractivity contribution in [2.75, 3.05) is 19.6 Å². The highest BCUT2D eigenvalue weighted by atomic mass is 15.2. The summed E-state index contributed by atoms with van der Waals surface area (Å²) in [7, 11) is 0. The van der Waals surface area contributed by atoms with Gasteiger partial charge in [-0.15, -0.1) is 0 Å². The van der Waals surface area contributed by atoms with Gasteiger partial charge in [0.2, 0.25) is 0 Å². The van der Waals surface area contributed by atoms with Gasteiger partial charge in [-0.25, -0.2) is 0 Å². The molecular formula is C15H28N2. The summed E-state index contributed by atoms with van der Waals surface area (Å²) in [4.78, 5) is 2.79. The molecule has 98 valence electrons. The van der Waals surface area contributed by atoms with Crippen molar-refractivity contribution >= 4 is 0 Å². The first kappa shape index (κ1) is 12.0. The summed E-state index contributed by atoms with van der Waals surface area (Å²) in [6, 6.07) is 1.63. The highest BCUT2D eigenvalue weighted by Crippen LogP contribution is 2.35. The van der Waals surface area contributed by atoms with Crippen LogP contribution in [-0.4, -0.2) is 36.6 Å². The lowest BCUT2D eigenvalue weighted by Crippen LogP contribution is -2.57. The van der Waals surface area contributed by atoms with Crippen molar-refractivity contribution < 1.29 is 0 Å². The zero-order valence-electron chi connectivity index (χ0n) is 11.3. The lowest BCUT2D eigenvalue weighted by Gasteiger charge is -2.40. The second-order valence-corrected chi connectivity index (χ2v) is 6.49. The molecule has 1 saturated heterocycles. The van der Waals surface area contributed by atoms with Crippen LogP contribution in [0.3, 0.4) is 0 Å². The molecule has 17 heavy (non-hydrogen) atoms. The predicted octanol–water partition coefficient (Wildman–Crippen LogP) is 2.64. The summed E-state index contributed by atoms with van der Waals surface area (Å²) in [5.74, 6) is 2.12. The molecule has 1 heterocycles. The Balaban J connectivity index is 1.45. The van der Waals surface area contributed by atoms with Gasteiger partial charge in [0.25, 0.3) is 0 Å². The maximum atomic E-state index is 3.78. The van der Waals surface area contributed by atoms with Crippen LogP contribution in [0.4, 0.5) is 0 Å². The molecule has 3 aliphatic rings. The Morgan fingerprint density at radius 3 is 2.65 bits per heavy atom. The first-order chi connectivity index (χ1) is 8.36. The quantitative estimate of drug-likeness (QED) is 0.763. The summed E-state index contributed by atoms with van der Waals surface area (Å²) >= 11 is 0. The number of rotatable bonds is 6. The van der Waals surface area contributed by atoms with Crippen LogP contribution in [0, 0.1) is 11.8 Å². The molecule has 0 aromatic carbocycles. The van der Waals surface area contributed by atoms with Crippen LogP contribution in [0.1, 0.15) is 51.9 Å². The molecule has 0 amide bonds. The fourth-order valence-electron chi connectivity index (χ4n) is 3.36. The Morgan fingerprint density at radius 1 is 1.18 bits per heavy atom. The van der Waals surface area contributed by atoms with E-state index < -0.39 is 0 Å². The number of piperazine rings is 1. The largest absolute Gasteiger partial charge is 0.311 e. The first-order valence-corrected chi connectivity index (χ1v) is 7.84. The average Bonchev–Trinajstić information content (AvgIpc) is 3.21. The predicted molar refractivity (Wildman–Crippen MR) is 72.1 cm³/mol. The Hall–Kier alpha value is -0.0800. The van der Waals surface area contributed by atoms with Gasteiger partial charge in [-0.3, -0.25) is 4.90 Å². The van der Waals surface area contributed by atoms with Gasteiger partial charge in [0.1, 0.15) is 0 Å². The molecule has 2 aliphatic carbocycles. The molecule has 2 heteroatoms. The second-order valence-electron chi connectivity index (χ2n) is 6.49. The van der Waals surface area contributed by atoms with Crippen molar-refractivity contribution in [3.05, 3.63) is 0 Å². The van der Waals surface area contributed by atoms with Gasteiger partial charge >= 0.3 is 0 Å². The van der Waals surface area contributed by atoms with Crippen molar-refractivity contribution in [3.63, 3.8) is 0 Å². The smallest absolute Gasteiger partial charge is 0.0224 e. The van der Waals surface area contributed by atoms with E-state index in [2.05, 4.69) is 17.1 Å². The van der Waals surface area contributed by atoms with Crippen LogP contribution in [0.15, 0.2) is 0 Å². The lowest BCUT2D eigenvalue weighted by atomic mass is 10.0. The first-order valence-electron chi connectivity index (χ1n) is 7.84. The van der Waals surface area contributed by atoms with Gasteiger partial charge in [0, 0.05) is 25.2 Å². The van der Waals surface area contributed by atoms with E-state index in [1.807, 2.05) is 0 Å². The fourth-order valence-corrected chi connectivity index (χ4v) is 3.36. The minimum Gasteiger partial charge on any atom is -0.311 e. The van der Waals surface area contributed by atoms with Crippen LogP contribution < -0.4 is 5.32 Å². The summed E-state index contributed by atoms with van der Waals surface area (Å²) in [5, 5.41) is 3.78. The topological polar surface area (TPSA) is 15.3 Å². The number of hydrogen-bond acceptors (Lipinski definition) is 2. The summed E-state index contributed by atoms with van der Waals surface area (Å²) in [5.41, 5.74) is 0. The monoisotopic (exact) mass is 236 g/mol. The van der Waals surface area contributed by atoms with Crippen molar-refractivity contribution in [3.8, 4) is 0 Å². The van der Waals surface area contributed by atoms with E-state index in [9.17, 15) is 0 Å². The zero-order chi connectivity index (χ0) is 11.7. The third-order valence-electron chi connectivity index (χ3n) is 4.98. The van der Waals surface area contributed by atoms with E-state index in [1.165, 1.54) is 64.6 Å². The van der Waals surface area contributed by atoms with Crippen molar-refractivity contribution in [2.45, 2.75) is 64.0 Å². The van der Waals surface area contributed by atoms with Crippen molar-refractivity contribution in [1.29, 1.82) is 0 Å². The minimum absolute atomic E-state index is 0.809. The van der Waals surface area contributed by atoms with Gasteiger partial charge in [0.15, 0.2) is 0 Å². The molecule has 2 saturated carbocycles. The number of nitrogens with one attached hydrogen (secondary N) is 1. The Labute approximate surface area is 106 Å². The molecule has 0 spiro atoms. The van der Waals surface area contributed by atoms with Crippen LogP contribution in [0.25, 0.3) is 0 Å². The summed E-state index contributed by atoms with van der Waals surface area (Å²) in [6.07, 6.45) is 10.2. The third kappa shape index (κ3) is 3.23. The molecule has 0 bridgehead atoms. The number of hydrogen-bond donors (Lipinski definition) is 1. The average molecular weight is 236 g/mol. The fraction of sp³-hybridized carbons (Fsp3) is 1.00. The zero-order valence-corrected chi connectivity index (χ0v) is 11.3. The van der Waals surface area contributed by atoms with E-state index in [0.717, 1.165) is 23.9 Å². The van der Waals surface area contributed by atoms with Crippen LogP contribution in [0.5, 0.6) is 0 Å². The molecule has 1 aliphatic heterocycles. The molecule has 2 unspecified atom stereocenters. The molecule has 0 aromatic heterocycles. The summed E-state index contributed by atoms with van der Waals surface area (Å²) in [6.45, 7) is 6.27. The van der Waals surface area contributed by atoms with Gasteiger partial charge in [-0.1, -0.05) is 19.8 Å². The van der Waals surface area contributed by atoms with E-state index >= 15 is 0 Å². The molecule has 2 atom stereocenters. The SMILES string of the molecule is CCC1CNC(C2CC2)CN1CCCC1CC1. The third-order valence-corrected chi connectivity index (χ3v) is 4.98. The van der Waals surface area contributed by atoms with E-state index in [0.29, 0.717) is 0 Å². The molecule has 3 rings (SSSR count). The van der Waals surface area contributed by atoms with Gasteiger partial charge in [-0.2, -0.15) is 0 Å². The maximum Gasteiger partial charge on any atom is 0.0224 e. The molecule has 3 fully saturated rings. The normalized spacial score (nSPS) is 35.1. The van der Waals surface area contributed by atoms with E-state index in [1.54, 1.807) is 0 Å². The highest BCUT2D eigenvalue weighted by Gasteiger charge is 2.36. The van der Waals surface area contributed by atoms with Crippen molar-refractivity contribution in [1.82, 2.24) is 10.2 Å². The number of nitrogens with zero attached hydrogens (tertiary/aromatic N) is 1. The Bertz CT molecular complexity index is 245. The van der Waals surface area contributed by atoms with Gasteiger partial charge in [-0.05, 0) is 50.5 Å².